The maximum Gasteiger partial charge on any atom is 0.416 e. The number of piperazine rings is 1. The van der Waals surface area contributed by atoms with E-state index in [9.17, 15) is 27.2 Å². The lowest BCUT2D eigenvalue weighted by Gasteiger charge is -2.36. The topological polar surface area (TPSA) is 62.9 Å². The third kappa shape index (κ3) is 5.20. The van der Waals surface area contributed by atoms with Gasteiger partial charge in [-0.3, -0.25) is 9.59 Å². The van der Waals surface area contributed by atoms with Gasteiger partial charge in [-0.2, -0.15) is 18.3 Å². The highest BCUT2D eigenvalue weighted by atomic mass is 19.4. The van der Waals surface area contributed by atoms with E-state index in [-0.39, 0.29) is 30.2 Å². The van der Waals surface area contributed by atoms with Crippen molar-refractivity contribution in [2.45, 2.75) is 19.1 Å². The van der Waals surface area contributed by atoms with Gasteiger partial charge in [-0.1, -0.05) is 6.07 Å². The number of aromatic nitrogens is 3. The van der Waals surface area contributed by atoms with Crippen molar-refractivity contribution >= 4 is 17.1 Å². The molecular formula is C26H23F4N5O2. The van der Waals surface area contributed by atoms with Crippen molar-refractivity contribution in [3.05, 3.63) is 88.7 Å². The van der Waals surface area contributed by atoms with Crippen LogP contribution < -0.4 is 10.5 Å². The monoisotopic (exact) mass is 513 g/mol. The maximum atomic E-state index is 13.2. The van der Waals surface area contributed by atoms with Crippen LogP contribution in [0.25, 0.3) is 16.8 Å². The number of fused-ring (bicyclic) bond motifs is 1. The summed E-state index contributed by atoms with van der Waals surface area (Å²) >= 11 is 0. The first-order valence-electron chi connectivity index (χ1n) is 11.7. The van der Waals surface area contributed by atoms with E-state index in [2.05, 4.69) is 5.10 Å². The quantitative estimate of drug-likeness (QED) is 0.378. The summed E-state index contributed by atoms with van der Waals surface area (Å²) in [5.74, 6) is -0.493. The summed E-state index contributed by atoms with van der Waals surface area (Å²) in [5, 5.41) is 4.37. The summed E-state index contributed by atoms with van der Waals surface area (Å²) in [6, 6.07) is 12.6. The zero-order chi connectivity index (χ0) is 26.2. The predicted octanol–water partition coefficient (Wildman–Crippen LogP) is 4.06. The van der Waals surface area contributed by atoms with Crippen LogP contribution >= 0.6 is 0 Å². The fourth-order valence-corrected chi connectivity index (χ4v) is 4.43. The molecule has 5 rings (SSSR count). The number of benzene rings is 2. The molecule has 1 aliphatic heterocycles. The molecule has 2 aromatic carbocycles. The smallest absolute Gasteiger partial charge is 0.368 e. The van der Waals surface area contributed by atoms with E-state index in [0.29, 0.717) is 48.6 Å². The van der Waals surface area contributed by atoms with Gasteiger partial charge < -0.3 is 14.4 Å². The van der Waals surface area contributed by atoms with Gasteiger partial charge in [0.05, 0.1) is 11.3 Å². The molecule has 1 saturated heterocycles. The van der Waals surface area contributed by atoms with Gasteiger partial charge in [0.25, 0.3) is 5.56 Å². The first kappa shape index (κ1) is 24.5. The van der Waals surface area contributed by atoms with Crippen LogP contribution in [-0.4, -0.2) is 51.2 Å². The van der Waals surface area contributed by atoms with E-state index in [0.717, 1.165) is 12.1 Å². The van der Waals surface area contributed by atoms with Crippen molar-refractivity contribution in [2.75, 3.05) is 31.1 Å². The lowest BCUT2D eigenvalue weighted by Crippen LogP contribution is -2.49. The van der Waals surface area contributed by atoms with Gasteiger partial charge in [-0.15, -0.1) is 0 Å². The molecule has 0 saturated carbocycles. The van der Waals surface area contributed by atoms with Crippen LogP contribution in [0.4, 0.5) is 23.2 Å². The second-order valence-corrected chi connectivity index (χ2v) is 8.83. The number of anilines is 1. The molecular weight excluding hydrogens is 490 g/mol. The fraction of sp³-hybridized carbons (Fsp3) is 0.269. The Morgan fingerprint density at radius 1 is 0.946 bits per heavy atom. The van der Waals surface area contributed by atoms with Gasteiger partial charge in [-0.05, 0) is 48.5 Å². The van der Waals surface area contributed by atoms with Gasteiger partial charge in [0, 0.05) is 62.8 Å². The number of rotatable bonds is 5. The van der Waals surface area contributed by atoms with Crippen LogP contribution in [0.3, 0.4) is 0 Å². The molecule has 3 heterocycles. The first-order chi connectivity index (χ1) is 17.7. The standard InChI is InChI=1S/C26H23F4N5O2/c27-20-6-4-18(5-7-20)22-17-23-25(37)34(14-15-35(23)31-22)9-8-24(36)33-12-10-32(11-13-33)21-3-1-2-19(16-21)26(28,29)30/h1-7,14-17H,8-13H2. The Morgan fingerprint density at radius 3 is 2.38 bits per heavy atom. The molecule has 37 heavy (non-hydrogen) atoms. The number of carbonyl (C=O) groups excluding carboxylic acids is 1. The molecule has 192 valence electrons. The molecule has 0 atom stereocenters. The molecule has 1 aliphatic rings. The van der Waals surface area contributed by atoms with Gasteiger partial charge >= 0.3 is 6.18 Å². The van der Waals surface area contributed by atoms with Crippen LogP contribution in [0.1, 0.15) is 12.0 Å². The Morgan fingerprint density at radius 2 is 1.68 bits per heavy atom. The zero-order valence-corrected chi connectivity index (χ0v) is 19.7. The average molecular weight is 513 g/mol. The molecule has 1 amide bonds. The molecule has 0 bridgehead atoms. The summed E-state index contributed by atoms with van der Waals surface area (Å²) in [6.07, 6.45) is -1.11. The van der Waals surface area contributed by atoms with E-state index >= 15 is 0 Å². The number of amides is 1. The van der Waals surface area contributed by atoms with Crippen molar-refractivity contribution in [2.24, 2.45) is 0 Å². The summed E-state index contributed by atoms with van der Waals surface area (Å²) in [6.45, 7) is 1.78. The van der Waals surface area contributed by atoms with E-state index < -0.39 is 11.7 Å². The van der Waals surface area contributed by atoms with Crippen LogP contribution in [0.2, 0.25) is 0 Å². The summed E-state index contributed by atoms with van der Waals surface area (Å²) < 4.78 is 55.2. The SMILES string of the molecule is O=C(CCn1ccn2nc(-c3ccc(F)cc3)cc2c1=O)N1CCN(c2cccc(C(F)(F)F)c2)CC1. The molecule has 2 aromatic heterocycles. The van der Waals surface area contributed by atoms with Gasteiger partial charge in [0.2, 0.25) is 5.91 Å². The van der Waals surface area contributed by atoms with E-state index in [1.807, 2.05) is 4.90 Å². The lowest BCUT2D eigenvalue weighted by atomic mass is 10.1. The molecule has 1 fully saturated rings. The molecule has 11 heteroatoms. The lowest BCUT2D eigenvalue weighted by molar-refractivity contribution is -0.137. The largest absolute Gasteiger partial charge is 0.416 e. The third-order valence-corrected chi connectivity index (χ3v) is 6.48. The zero-order valence-electron chi connectivity index (χ0n) is 19.7. The number of hydrogen-bond acceptors (Lipinski definition) is 4. The second kappa shape index (κ2) is 9.72. The van der Waals surface area contributed by atoms with Crippen molar-refractivity contribution in [1.29, 1.82) is 0 Å². The van der Waals surface area contributed by atoms with Crippen molar-refractivity contribution in [1.82, 2.24) is 19.1 Å². The summed E-state index contributed by atoms with van der Waals surface area (Å²) in [4.78, 5) is 29.2. The molecule has 0 N–H and O–H groups in total. The molecule has 7 nitrogen and oxygen atoms in total. The van der Waals surface area contributed by atoms with Crippen molar-refractivity contribution < 1.29 is 22.4 Å². The van der Waals surface area contributed by atoms with Gasteiger partial charge in [0.15, 0.2) is 0 Å². The molecule has 0 spiro atoms. The highest BCUT2D eigenvalue weighted by molar-refractivity contribution is 5.76. The predicted molar refractivity (Wildman–Crippen MR) is 130 cm³/mol. The fourth-order valence-electron chi connectivity index (χ4n) is 4.43. The Balaban J connectivity index is 1.21. The van der Waals surface area contributed by atoms with E-state index in [1.54, 1.807) is 41.6 Å². The van der Waals surface area contributed by atoms with Crippen LogP contribution in [0.5, 0.6) is 0 Å². The third-order valence-electron chi connectivity index (χ3n) is 6.48. The average Bonchev–Trinajstić information content (AvgIpc) is 3.33. The number of nitrogens with zero attached hydrogens (tertiary/aromatic N) is 5. The summed E-state index contributed by atoms with van der Waals surface area (Å²) in [7, 11) is 0. The minimum Gasteiger partial charge on any atom is -0.368 e. The normalized spacial score (nSPS) is 14.4. The van der Waals surface area contributed by atoms with Gasteiger partial charge in [0.1, 0.15) is 11.3 Å². The molecule has 0 radical (unpaired) electrons. The highest BCUT2D eigenvalue weighted by Gasteiger charge is 2.31. The van der Waals surface area contributed by atoms with Crippen molar-refractivity contribution in [3.8, 4) is 11.3 Å². The highest BCUT2D eigenvalue weighted by Crippen LogP contribution is 2.32. The number of carbonyl (C=O) groups is 1. The Hall–Kier alpha value is -4.15. The molecule has 0 aliphatic carbocycles. The van der Waals surface area contributed by atoms with E-state index in [1.165, 1.54) is 27.3 Å². The maximum absolute atomic E-state index is 13.2. The summed E-state index contributed by atoms with van der Waals surface area (Å²) in [5.41, 5.74) is 1.02. The number of alkyl halides is 3. The van der Waals surface area contributed by atoms with E-state index in [4.69, 9.17) is 0 Å². The van der Waals surface area contributed by atoms with Crippen molar-refractivity contribution in [3.63, 3.8) is 0 Å². The van der Waals surface area contributed by atoms with Crippen LogP contribution in [-0.2, 0) is 17.5 Å². The number of halogens is 4. The van der Waals surface area contributed by atoms with Crippen LogP contribution in [0.15, 0.2) is 71.8 Å². The van der Waals surface area contributed by atoms with Crippen LogP contribution in [0, 0.1) is 5.82 Å². The molecule has 0 unspecified atom stereocenters. The Kier molecular flexibility index (Phi) is 6.45. The Bertz CT molecular complexity index is 1490. The van der Waals surface area contributed by atoms with Gasteiger partial charge in [-0.25, -0.2) is 8.91 Å². The number of hydrogen-bond donors (Lipinski definition) is 0. The first-order valence-corrected chi connectivity index (χ1v) is 11.7. The Labute approximate surface area is 209 Å². The minimum absolute atomic E-state index is 0.110. The molecule has 4 aromatic rings. The second-order valence-electron chi connectivity index (χ2n) is 8.83. The minimum atomic E-state index is -4.41. The number of aryl methyl sites for hydroxylation is 1.